The Morgan fingerprint density at radius 2 is 1.94 bits per heavy atom. The van der Waals surface area contributed by atoms with Crippen LogP contribution in [0.3, 0.4) is 0 Å². The van der Waals surface area contributed by atoms with Gasteiger partial charge >= 0.3 is 0 Å². The number of aromatic nitrogens is 2. The smallest absolute Gasteiger partial charge is 0.136 e. The highest BCUT2D eigenvalue weighted by atomic mass is 35.5. The van der Waals surface area contributed by atoms with Crippen LogP contribution in [0.1, 0.15) is 12.5 Å². The molecule has 2 rings (SSSR count). The molecular formula is C12H10Cl2N2S. The lowest BCUT2D eigenvalue weighted by molar-refractivity contribution is 0.944. The third-order valence-electron chi connectivity index (χ3n) is 2.25. The van der Waals surface area contributed by atoms with Gasteiger partial charge in [0.05, 0.1) is 5.02 Å². The Labute approximate surface area is 114 Å². The van der Waals surface area contributed by atoms with Crippen molar-refractivity contribution in [1.82, 2.24) is 9.97 Å². The molecule has 5 heteroatoms. The molecule has 0 radical (unpaired) electrons. The molecule has 88 valence electrons. The van der Waals surface area contributed by atoms with Crippen LogP contribution in [-0.4, -0.2) is 9.97 Å². The minimum absolute atomic E-state index is 0.511. The van der Waals surface area contributed by atoms with Gasteiger partial charge in [0.25, 0.3) is 0 Å². The molecule has 0 saturated heterocycles. The maximum atomic E-state index is 6.11. The van der Waals surface area contributed by atoms with Gasteiger partial charge in [-0.25, -0.2) is 9.97 Å². The molecule has 2 nitrogen and oxygen atoms in total. The van der Waals surface area contributed by atoms with E-state index in [-0.39, 0.29) is 0 Å². The van der Waals surface area contributed by atoms with Gasteiger partial charge < -0.3 is 0 Å². The minimum atomic E-state index is 0.511. The van der Waals surface area contributed by atoms with Gasteiger partial charge in [-0.1, -0.05) is 54.0 Å². The molecule has 2 aromatic rings. The van der Waals surface area contributed by atoms with Crippen LogP contribution >= 0.6 is 35.0 Å². The zero-order chi connectivity index (χ0) is 12.3. The molecule has 0 bridgehead atoms. The van der Waals surface area contributed by atoms with Crippen molar-refractivity contribution in [3.05, 3.63) is 46.3 Å². The van der Waals surface area contributed by atoms with Crippen LogP contribution < -0.4 is 0 Å². The summed E-state index contributed by atoms with van der Waals surface area (Å²) in [4.78, 5) is 9.21. The van der Waals surface area contributed by atoms with Crippen LogP contribution in [0.25, 0.3) is 0 Å². The van der Waals surface area contributed by atoms with Crippen molar-refractivity contribution in [2.45, 2.75) is 23.3 Å². The third kappa shape index (κ3) is 2.92. The predicted molar refractivity (Wildman–Crippen MR) is 72.0 cm³/mol. The second kappa shape index (κ2) is 5.71. The van der Waals surface area contributed by atoms with E-state index in [1.807, 2.05) is 31.2 Å². The number of hydrogen-bond acceptors (Lipinski definition) is 3. The maximum absolute atomic E-state index is 6.11. The summed E-state index contributed by atoms with van der Waals surface area (Å²) in [5.41, 5.74) is 0.957. The second-order valence-electron chi connectivity index (χ2n) is 3.33. The van der Waals surface area contributed by atoms with E-state index in [0.29, 0.717) is 10.2 Å². The molecule has 1 aromatic carbocycles. The Balaban J connectivity index is 2.37. The monoisotopic (exact) mass is 284 g/mol. The first kappa shape index (κ1) is 12.7. The lowest BCUT2D eigenvalue weighted by Crippen LogP contribution is -1.93. The van der Waals surface area contributed by atoms with Gasteiger partial charge in [0.2, 0.25) is 0 Å². The van der Waals surface area contributed by atoms with Crippen molar-refractivity contribution in [3.8, 4) is 0 Å². The lowest BCUT2D eigenvalue weighted by atomic mass is 10.3. The van der Waals surface area contributed by atoms with Crippen LogP contribution in [0.4, 0.5) is 0 Å². The molecule has 0 spiro atoms. The van der Waals surface area contributed by atoms with Crippen LogP contribution in [0.15, 0.2) is 40.5 Å². The topological polar surface area (TPSA) is 25.8 Å². The van der Waals surface area contributed by atoms with E-state index >= 15 is 0 Å². The Bertz CT molecular complexity index is 532. The van der Waals surface area contributed by atoms with Gasteiger partial charge in [0.1, 0.15) is 16.5 Å². The largest absolute Gasteiger partial charge is 0.229 e. The highest BCUT2D eigenvalue weighted by molar-refractivity contribution is 7.99. The molecule has 1 heterocycles. The molecule has 0 saturated carbocycles. The SMILES string of the molecule is CCc1c(Cl)ncnc1Sc1ccccc1Cl. The Morgan fingerprint density at radius 1 is 1.18 bits per heavy atom. The zero-order valence-corrected chi connectivity index (χ0v) is 11.5. The Hall–Kier alpha value is -0.770. The number of nitrogens with zero attached hydrogens (tertiary/aromatic N) is 2. The van der Waals surface area contributed by atoms with Crippen LogP contribution in [0.2, 0.25) is 10.2 Å². The van der Waals surface area contributed by atoms with E-state index in [2.05, 4.69) is 9.97 Å². The number of rotatable bonds is 3. The fourth-order valence-electron chi connectivity index (χ4n) is 1.39. The van der Waals surface area contributed by atoms with Gasteiger partial charge in [-0.3, -0.25) is 0 Å². The molecule has 17 heavy (non-hydrogen) atoms. The summed E-state index contributed by atoms with van der Waals surface area (Å²) in [7, 11) is 0. The molecule has 0 fully saturated rings. The van der Waals surface area contributed by atoms with E-state index in [4.69, 9.17) is 23.2 Å². The zero-order valence-electron chi connectivity index (χ0n) is 9.15. The average molecular weight is 285 g/mol. The van der Waals surface area contributed by atoms with Crippen molar-refractivity contribution in [2.75, 3.05) is 0 Å². The molecule has 0 amide bonds. The molecule has 0 unspecified atom stereocenters. The summed E-state index contributed by atoms with van der Waals surface area (Å²) < 4.78 is 0. The first-order valence-electron chi connectivity index (χ1n) is 5.14. The summed E-state index contributed by atoms with van der Waals surface area (Å²) in [6.45, 7) is 2.03. The van der Waals surface area contributed by atoms with Crippen LogP contribution in [0.5, 0.6) is 0 Å². The maximum Gasteiger partial charge on any atom is 0.136 e. The quantitative estimate of drug-likeness (QED) is 0.777. The molecule has 0 atom stereocenters. The molecule has 1 aromatic heterocycles. The minimum Gasteiger partial charge on any atom is -0.229 e. The first-order valence-corrected chi connectivity index (χ1v) is 6.71. The average Bonchev–Trinajstić information content (AvgIpc) is 2.32. The molecule has 0 aliphatic rings. The predicted octanol–water partition coefficient (Wildman–Crippen LogP) is 4.50. The summed E-state index contributed by atoms with van der Waals surface area (Å²) >= 11 is 13.7. The molecule has 0 aliphatic heterocycles. The van der Waals surface area contributed by atoms with Crippen molar-refractivity contribution < 1.29 is 0 Å². The number of halogens is 2. The fourth-order valence-corrected chi connectivity index (χ4v) is 2.95. The second-order valence-corrected chi connectivity index (χ2v) is 5.13. The molecule has 0 N–H and O–H groups in total. The van der Waals surface area contributed by atoms with Gasteiger partial charge in [-0.15, -0.1) is 0 Å². The Morgan fingerprint density at radius 3 is 2.65 bits per heavy atom. The first-order chi connectivity index (χ1) is 8.22. The number of hydrogen-bond donors (Lipinski definition) is 0. The summed E-state index contributed by atoms with van der Waals surface area (Å²) in [5.74, 6) is 0. The summed E-state index contributed by atoms with van der Waals surface area (Å²) in [6.07, 6.45) is 2.27. The van der Waals surface area contributed by atoms with Gasteiger partial charge in [-0.05, 0) is 18.6 Å². The third-order valence-corrected chi connectivity index (χ3v) is 4.14. The lowest BCUT2D eigenvalue weighted by Gasteiger charge is -2.08. The van der Waals surface area contributed by atoms with E-state index in [1.165, 1.54) is 18.1 Å². The van der Waals surface area contributed by atoms with Crippen molar-refractivity contribution >= 4 is 35.0 Å². The van der Waals surface area contributed by atoms with Crippen molar-refractivity contribution in [3.63, 3.8) is 0 Å². The standard InChI is InChI=1S/C12H10Cl2N2S/c1-2-8-11(14)15-7-16-12(8)17-10-6-4-3-5-9(10)13/h3-7H,2H2,1H3. The summed E-state index contributed by atoms with van der Waals surface area (Å²) in [5, 5.41) is 2.09. The molecule has 0 aliphatic carbocycles. The fraction of sp³-hybridized carbons (Fsp3) is 0.167. The van der Waals surface area contributed by atoms with E-state index in [9.17, 15) is 0 Å². The molecular weight excluding hydrogens is 275 g/mol. The van der Waals surface area contributed by atoms with Crippen molar-refractivity contribution in [2.24, 2.45) is 0 Å². The van der Waals surface area contributed by atoms with Gasteiger partial charge in [-0.2, -0.15) is 0 Å². The highest BCUT2D eigenvalue weighted by Gasteiger charge is 2.10. The van der Waals surface area contributed by atoms with Crippen LogP contribution in [0, 0.1) is 0 Å². The van der Waals surface area contributed by atoms with E-state index in [1.54, 1.807) is 0 Å². The van der Waals surface area contributed by atoms with E-state index < -0.39 is 0 Å². The van der Waals surface area contributed by atoms with Crippen LogP contribution in [-0.2, 0) is 6.42 Å². The Kier molecular flexibility index (Phi) is 4.26. The van der Waals surface area contributed by atoms with Gasteiger partial charge in [0, 0.05) is 10.5 Å². The number of benzene rings is 1. The summed E-state index contributed by atoms with van der Waals surface area (Å²) in [6, 6.07) is 7.67. The van der Waals surface area contributed by atoms with Crippen molar-refractivity contribution in [1.29, 1.82) is 0 Å². The highest BCUT2D eigenvalue weighted by Crippen LogP contribution is 2.35. The normalized spacial score (nSPS) is 10.5. The van der Waals surface area contributed by atoms with Gasteiger partial charge in [0.15, 0.2) is 0 Å². The van der Waals surface area contributed by atoms with E-state index in [0.717, 1.165) is 21.9 Å².